The Morgan fingerprint density at radius 2 is 1.81 bits per heavy atom. The number of hydrazone groups is 1. The molecule has 9 nitrogen and oxygen atoms in total. The Labute approximate surface area is 185 Å². The van der Waals surface area contributed by atoms with Crippen molar-refractivity contribution >= 4 is 38.6 Å². The van der Waals surface area contributed by atoms with Crippen LogP contribution in [0.3, 0.4) is 0 Å². The number of phenols is 1. The van der Waals surface area contributed by atoms with Crippen LogP contribution in [0.4, 0.5) is 5.69 Å². The molecule has 32 heavy (non-hydrogen) atoms. The molecule has 3 aromatic carbocycles. The van der Waals surface area contributed by atoms with Crippen molar-refractivity contribution in [3.8, 4) is 17.2 Å². The van der Waals surface area contributed by atoms with Crippen LogP contribution in [0.2, 0.25) is 0 Å². The van der Waals surface area contributed by atoms with E-state index in [1.807, 2.05) is 24.3 Å². The summed E-state index contributed by atoms with van der Waals surface area (Å²) in [4.78, 5) is 12.4. The van der Waals surface area contributed by atoms with Gasteiger partial charge < -0.3 is 14.6 Å². The largest absolute Gasteiger partial charge is 0.507 e. The fourth-order valence-corrected chi connectivity index (χ4v) is 3.98. The molecule has 0 aliphatic heterocycles. The lowest BCUT2D eigenvalue weighted by Crippen LogP contribution is -2.39. The molecule has 0 bridgehead atoms. The topological polar surface area (TPSA) is 118 Å². The Bertz CT molecular complexity index is 1270. The maximum Gasteiger partial charge on any atom is 0.260 e. The maximum atomic E-state index is 12.4. The van der Waals surface area contributed by atoms with Gasteiger partial charge in [-0.2, -0.15) is 5.10 Å². The molecule has 0 saturated carbocycles. The summed E-state index contributed by atoms with van der Waals surface area (Å²) in [5, 5.41) is 15.7. The Morgan fingerprint density at radius 1 is 1.09 bits per heavy atom. The number of anilines is 1. The number of aromatic hydroxyl groups is 1. The number of fused-ring (bicyclic) bond motifs is 1. The van der Waals surface area contributed by atoms with Crippen molar-refractivity contribution in [2.24, 2.45) is 5.10 Å². The van der Waals surface area contributed by atoms with E-state index in [1.165, 1.54) is 38.6 Å². The normalized spacial score (nSPS) is 11.5. The van der Waals surface area contributed by atoms with E-state index in [9.17, 15) is 18.3 Å². The van der Waals surface area contributed by atoms with E-state index in [0.29, 0.717) is 17.1 Å². The lowest BCUT2D eigenvalue weighted by molar-refractivity contribution is -0.119. The van der Waals surface area contributed by atoms with Crippen molar-refractivity contribution in [2.75, 3.05) is 31.3 Å². The first-order valence-electron chi connectivity index (χ1n) is 9.47. The molecular formula is C22H23N3O6S. The van der Waals surface area contributed by atoms with Gasteiger partial charge in [0.2, 0.25) is 10.0 Å². The summed E-state index contributed by atoms with van der Waals surface area (Å²) in [7, 11) is -0.896. The van der Waals surface area contributed by atoms with E-state index in [-0.39, 0.29) is 11.4 Å². The van der Waals surface area contributed by atoms with Crippen molar-refractivity contribution < 1.29 is 27.8 Å². The summed E-state index contributed by atoms with van der Waals surface area (Å²) in [6.07, 6.45) is 2.31. The molecule has 3 rings (SSSR count). The van der Waals surface area contributed by atoms with Crippen LogP contribution in [0.15, 0.2) is 59.7 Å². The molecule has 0 radical (unpaired) electrons. The number of amides is 1. The van der Waals surface area contributed by atoms with Crippen LogP contribution in [0.5, 0.6) is 17.2 Å². The minimum absolute atomic E-state index is 0.00443. The molecule has 0 saturated heterocycles. The monoisotopic (exact) mass is 457 g/mol. The third-order valence-electron chi connectivity index (χ3n) is 4.67. The molecule has 10 heteroatoms. The van der Waals surface area contributed by atoms with Crippen LogP contribution < -0.4 is 19.2 Å². The van der Waals surface area contributed by atoms with E-state index in [4.69, 9.17) is 9.47 Å². The highest BCUT2D eigenvalue weighted by Crippen LogP contribution is 2.32. The second-order valence-electron chi connectivity index (χ2n) is 6.82. The highest BCUT2D eigenvalue weighted by Gasteiger charge is 2.22. The predicted molar refractivity (Wildman–Crippen MR) is 123 cm³/mol. The number of nitrogens with zero attached hydrogens (tertiary/aromatic N) is 2. The van der Waals surface area contributed by atoms with E-state index in [2.05, 4.69) is 10.5 Å². The minimum Gasteiger partial charge on any atom is -0.507 e. The standard InChI is InChI=1S/C22H23N3O6S/c1-30-20-11-9-16(12-21(20)31-2)25(32(3,28)29)14-22(27)24-23-13-18-17-7-5-4-6-15(17)8-10-19(18)26/h4-13,26H,14H2,1-3H3,(H,24,27)/b23-13-. The van der Waals surface area contributed by atoms with E-state index in [1.54, 1.807) is 12.1 Å². The van der Waals surface area contributed by atoms with Crippen LogP contribution in [0.25, 0.3) is 10.8 Å². The number of methoxy groups -OCH3 is 2. The second-order valence-corrected chi connectivity index (χ2v) is 8.73. The third kappa shape index (κ3) is 5.09. The fourth-order valence-electron chi connectivity index (χ4n) is 3.13. The number of hydrogen-bond donors (Lipinski definition) is 2. The summed E-state index contributed by atoms with van der Waals surface area (Å²) >= 11 is 0. The van der Waals surface area contributed by atoms with Crippen LogP contribution in [-0.2, 0) is 14.8 Å². The van der Waals surface area contributed by atoms with Gasteiger partial charge in [0.05, 0.1) is 32.4 Å². The quantitative estimate of drug-likeness (QED) is 0.396. The average Bonchev–Trinajstić information content (AvgIpc) is 2.77. The molecule has 0 fully saturated rings. The summed E-state index contributed by atoms with van der Waals surface area (Å²) < 4.78 is 35.9. The number of carbonyl (C=O) groups excluding carboxylic acids is 1. The van der Waals surface area contributed by atoms with Crippen molar-refractivity contribution in [1.29, 1.82) is 0 Å². The zero-order chi connectivity index (χ0) is 23.3. The summed E-state index contributed by atoms with van der Waals surface area (Å²) in [5.41, 5.74) is 2.97. The third-order valence-corrected chi connectivity index (χ3v) is 5.81. The van der Waals surface area contributed by atoms with Crippen molar-refractivity contribution in [1.82, 2.24) is 5.43 Å². The SMILES string of the molecule is COc1ccc(N(CC(=O)N/N=C\c2c(O)ccc3ccccc23)S(C)(=O)=O)cc1OC. The Kier molecular flexibility index (Phi) is 6.84. The number of nitrogens with one attached hydrogen (secondary N) is 1. The zero-order valence-electron chi connectivity index (χ0n) is 17.8. The van der Waals surface area contributed by atoms with Gasteiger partial charge in [0, 0.05) is 11.6 Å². The summed E-state index contributed by atoms with van der Waals surface area (Å²) in [5.74, 6) is 0.0862. The zero-order valence-corrected chi connectivity index (χ0v) is 18.6. The lowest BCUT2D eigenvalue weighted by atomic mass is 10.0. The molecule has 0 atom stereocenters. The summed E-state index contributed by atoms with van der Waals surface area (Å²) in [6, 6.07) is 15.2. The molecule has 2 N–H and O–H groups in total. The number of hydrogen-bond acceptors (Lipinski definition) is 7. The number of carbonyl (C=O) groups is 1. The lowest BCUT2D eigenvalue weighted by Gasteiger charge is -2.22. The van der Waals surface area contributed by atoms with E-state index in [0.717, 1.165) is 21.3 Å². The molecular weight excluding hydrogens is 434 g/mol. The van der Waals surface area contributed by atoms with Crippen molar-refractivity contribution in [3.05, 3.63) is 60.2 Å². The van der Waals surface area contributed by atoms with Crippen LogP contribution in [0.1, 0.15) is 5.56 Å². The van der Waals surface area contributed by atoms with Gasteiger partial charge in [-0.3, -0.25) is 9.10 Å². The molecule has 1 amide bonds. The number of sulfonamides is 1. The maximum absolute atomic E-state index is 12.4. The van der Waals surface area contributed by atoms with Gasteiger partial charge in [-0.1, -0.05) is 30.3 Å². The van der Waals surface area contributed by atoms with Gasteiger partial charge in [-0.05, 0) is 29.0 Å². The Balaban J connectivity index is 1.80. The number of benzene rings is 3. The molecule has 3 aromatic rings. The predicted octanol–water partition coefficient (Wildman–Crippen LogP) is 2.48. The second kappa shape index (κ2) is 9.56. The van der Waals surface area contributed by atoms with Gasteiger partial charge >= 0.3 is 0 Å². The average molecular weight is 458 g/mol. The van der Waals surface area contributed by atoms with E-state index < -0.39 is 22.5 Å². The van der Waals surface area contributed by atoms with Crippen molar-refractivity contribution in [2.45, 2.75) is 0 Å². The van der Waals surface area contributed by atoms with Crippen molar-refractivity contribution in [3.63, 3.8) is 0 Å². The Hall–Kier alpha value is -3.79. The number of rotatable bonds is 8. The van der Waals surface area contributed by atoms with E-state index >= 15 is 0 Å². The first kappa shape index (κ1) is 22.9. The molecule has 0 aliphatic rings. The molecule has 168 valence electrons. The Morgan fingerprint density at radius 3 is 2.50 bits per heavy atom. The molecule has 0 aliphatic carbocycles. The van der Waals surface area contributed by atoms with Crippen LogP contribution in [-0.4, -0.2) is 52.7 Å². The van der Waals surface area contributed by atoms with Gasteiger partial charge in [0.25, 0.3) is 5.91 Å². The van der Waals surface area contributed by atoms with Gasteiger partial charge in [0.15, 0.2) is 11.5 Å². The van der Waals surface area contributed by atoms with Gasteiger partial charge in [-0.25, -0.2) is 13.8 Å². The molecule has 0 unspecified atom stereocenters. The minimum atomic E-state index is -3.79. The molecule has 0 spiro atoms. The summed E-state index contributed by atoms with van der Waals surface area (Å²) in [6.45, 7) is -0.507. The van der Waals surface area contributed by atoms with Gasteiger partial charge in [0.1, 0.15) is 12.3 Å². The highest BCUT2D eigenvalue weighted by molar-refractivity contribution is 7.92. The van der Waals surface area contributed by atoms with Crippen LogP contribution >= 0.6 is 0 Å². The van der Waals surface area contributed by atoms with Gasteiger partial charge in [-0.15, -0.1) is 0 Å². The first-order chi connectivity index (χ1) is 15.2. The smallest absolute Gasteiger partial charge is 0.260 e. The number of phenolic OH excluding ortho intramolecular Hbond substituents is 1. The number of ether oxygens (including phenoxy) is 2. The molecule has 0 aromatic heterocycles. The first-order valence-corrected chi connectivity index (χ1v) is 11.3. The fraction of sp³-hybridized carbons (Fsp3) is 0.182. The molecule has 0 heterocycles. The van der Waals surface area contributed by atoms with Crippen LogP contribution in [0, 0.1) is 0 Å². The highest BCUT2D eigenvalue weighted by atomic mass is 32.2.